The van der Waals surface area contributed by atoms with Crippen LogP contribution in [0.25, 0.3) is 0 Å². The predicted octanol–water partition coefficient (Wildman–Crippen LogP) is 1.21. The van der Waals surface area contributed by atoms with Gasteiger partial charge in [-0.2, -0.15) is 4.37 Å². The summed E-state index contributed by atoms with van der Waals surface area (Å²) in [6, 6.07) is 0. The molecule has 0 atom stereocenters. The van der Waals surface area contributed by atoms with Gasteiger partial charge in [0.15, 0.2) is 5.13 Å². The lowest BCUT2D eigenvalue weighted by Gasteiger charge is -2.33. The van der Waals surface area contributed by atoms with Gasteiger partial charge in [-0.25, -0.2) is 9.97 Å². The van der Waals surface area contributed by atoms with Crippen molar-refractivity contribution in [3.8, 4) is 0 Å². The van der Waals surface area contributed by atoms with Gasteiger partial charge in [-0.05, 0) is 6.92 Å². The van der Waals surface area contributed by atoms with E-state index in [1.54, 1.807) is 11.3 Å². The molecule has 0 spiro atoms. The summed E-state index contributed by atoms with van der Waals surface area (Å²) in [7, 11) is 0. The second-order valence-electron chi connectivity index (χ2n) is 4.55. The largest absolute Gasteiger partial charge is 0.375 e. The average Bonchev–Trinajstić information content (AvgIpc) is 3.00. The Kier molecular flexibility index (Phi) is 3.63. The van der Waals surface area contributed by atoms with Gasteiger partial charge >= 0.3 is 0 Å². The fraction of sp³-hybridized carbons (Fsp3) is 0.545. The highest BCUT2D eigenvalue weighted by molar-refractivity contribution is 7.15. The second-order valence-corrected chi connectivity index (χ2v) is 6.43. The fourth-order valence-electron chi connectivity index (χ4n) is 2.13. The Labute approximate surface area is 120 Å². The minimum atomic E-state index is 0.651. The lowest BCUT2D eigenvalue weighted by Crippen LogP contribution is -2.45. The first-order valence-corrected chi connectivity index (χ1v) is 7.77. The normalized spacial score (nSPS) is 17.0. The van der Waals surface area contributed by atoms with Crippen LogP contribution in [0.5, 0.6) is 0 Å². The molecule has 6 nitrogen and oxygen atoms in total. The van der Waals surface area contributed by atoms with Crippen molar-refractivity contribution < 1.29 is 0 Å². The van der Waals surface area contributed by atoms with Crippen molar-refractivity contribution in [2.24, 2.45) is 0 Å². The highest BCUT2D eigenvalue weighted by atomic mass is 32.1. The van der Waals surface area contributed by atoms with Crippen LogP contribution in [0.15, 0.2) is 6.20 Å². The van der Waals surface area contributed by atoms with E-state index < -0.39 is 0 Å². The summed E-state index contributed by atoms with van der Waals surface area (Å²) in [6.07, 6.45) is 1.88. The number of hydrogen-bond acceptors (Lipinski definition) is 8. The Bertz CT molecular complexity index is 543. The van der Waals surface area contributed by atoms with Gasteiger partial charge in [-0.15, -0.1) is 11.3 Å². The second kappa shape index (κ2) is 5.40. The average molecular weight is 296 g/mol. The molecule has 102 valence electrons. The minimum absolute atomic E-state index is 0.651. The number of anilines is 2. The number of nitrogens with two attached hydrogens (primary N) is 1. The van der Waals surface area contributed by atoms with Gasteiger partial charge in [0.1, 0.15) is 5.82 Å². The van der Waals surface area contributed by atoms with Crippen molar-refractivity contribution >= 4 is 33.1 Å². The molecular weight excluding hydrogens is 280 g/mol. The molecule has 0 aliphatic carbocycles. The van der Waals surface area contributed by atoms with Gasteiger partial charge in [0.25, 0.3) is 0 Å². The monoisotopic (exact) mass is 296 g/mol. The van der Waals surface area contributed by atoms with Crippen LogP contribution >= 0.6 is 22.9 Å². The minimum Gasteiger partial charge on any atom is -0.375 e. The van der Waals surface area contributed by atoms with E-state index in [0.29, 0.717) is 5.13 Å². The Hall–Kier alpha value is -1.25. The first-order valence-electron chi connectivity index (χ1n) is 6.18. The van der Waals surface area contributed by atoms with Crippen molar-refractivity contribution in [1.29, 1.82) is 0 Å². The van der Waals surface area contributed by atoms with E-state index >= 15 is 0 Å². The highest BCUT2D eigenvalue weighted by Crippen LogP contribution is 2.21. The molecule has 0 radical (unpaired) electrons. The molecule has 0 saturated carbocycles. The number of aromatic nitrogens is 3. The van der Waals surface area contributed by atoms with E-state index in [1.165, 1.54) is 16.4 Å². The maximum absolute atomic E-state index is 5.65. The number of hydrogen-bond donors (Lipinski definition) is 1. The molecule has 0 unspecified atom stereocenters. The highest BCUT2D eigenvalue weighted by Gasteiger charge is 2.20. The standard InChI is InChI=1S/C11H16N6S2/c1-8-14-11(19-15-8)17-4-2-16(3-5-17)7-9-6-13-10(12)18-9/h6H,2-5,7H2,1H3,(H2,12,13). The van der Waals surface area contributed by atoms with Crippen molar-refractivity contribution in [3.63, 3.8) is 0 Å². The molecule has 3 heterocycles. The maximum Gasteiger partial charge on any atom is 0.205 e. The molecular formula is C11H16N6S2. The van der Waals surface area contributed by atoms with Crippen LogP contribution in [0.4, 0.5) is 10.3 Å². The SMILES string of the molecule is Cc1nsc(N2CCN(Cc3cnc(N)s3)CC2)n1. The molecule has 2 N–H and O–H groups in total. The Morgan fingerprint density at radius 1 is 1.32 bits per heavy atom. The van der Waals surface area contributed by atoms with Crippen LogP contribution in [-0.2, 0) is 6.54 Å². The number of aryl methyl sites for hydroxylation is 1. The first-order chi connectivity index (χ1) is 9.20. The number of thiazole rings is 1. The van der Waals surface area contributed by atoms with E-state index in [-0.39, 0.29) is 0 Å². The summed E-state index contributed by atoms with van der Waals surface area (Å²) < 4.78 is 4.24. The van der Waals surface area contributed by atoms with Crippen LogP contribution in [0.2, 0.25) is 0 Å². The summed E-state index contributed by atoms with van der Waals surface area (Å²) in [5, 5.41) is 1.69. The third-order valence-corrected chi connectivity index (χ3v) is 4.79. The van der Waals surface area contributed by atoms with Gasteiger partial charge in [0.05, 0.1) is 0 Å². The van der Waals surface area contributed by atoms with Crippen LogP contribution < -0.4 is 10.6 Å². The molecule has 0 bridgehead atoms. The molecule has 3 rings (SSSR count). The van der Waals surface area contributed by atoms with E-state index in [2.05, 4.69) is 24.1 Å². The number of nitrogen functional groups attached to an aromatic ring is 1. The van der Waals surface area contributed by atoms with Crippen LogP contribution in [0, 0.1) is 6.92 Å². The van der Waals surface area contributed by atoms with E-state index in [9.17, 15) is 0 Å². The van der Waals surface area contributed by atoms with Crippen molar-refractivity contribution in [3.05, 3.63) is 16.9 Å². The zero-order valence-electron chi connectivity index (χ0n) is 10.7. The molecule has 1 aliphatic rings. The third kappa shape index (κ3) is 3.02. The van der Waals surface area contributed by atoms with Gasteiger partial charge in [0, 0.05) is 55.3 Å². The van der Waals surface area contributed by atoms with Crippen molar-refractivity contribution in [1.82, 2.24) is 19.2 Å². The number of rotatable bonds is 3. The molecule has 2 aromatic rings. The summed E-state index contributed by atoms with van der Waals surface area (Å²) >= 11 is 3.06. The maximum atomic E-state index is 5.65. The quantitative estimate of drug-likeness (QED) is 0.918. The summed E-state index contributed by atoms with van der Waals surface area (Å²) in [4.78, 5) is 14.5. The topological polar surface area (TPSA) is 71.2 Å². The van der Waals surface area contributed by atoms with E-state index in [4.69, 9.17) is 5.73 Å². The summed E-state index contributed by atoms with van der Waals surface area (Å²) in [5.74, 6) is 0.863. The first kappa shape index (κ1) is 12.8. The lowest BCUT2D eigenvalue weighted by atomic mass is 10.3. The molecule has 2 aromatic heterocycles. The molecule has 0 amide bonds. The fourth-order valence-corrected chi connectivity index (χ4v) is 3.58. The third-order valence-electron chi connectivity index (χ3n) is 3.11. The van der Waals surface area contributed by atoms with Gasteiger partial charge < -0.3 is 10.6 Å². The van der Waals surface area contributed by atoms with Crippen molar-refractivity contribution in [2.75, 3.05) is 36.8 Å². The smallest absolute Gasteiger partial charge is 0.205 e. The molecule has 1 fully saturated rings. The Morgan fingerprint density at radius 3 is 2.68 bits per heavy atom. The molecule has 0 aromatic carbocycles. The van der Waals surface area contributed by atoms with Gasteiger partial charge in [0.2, 0.25) is 5.13 Å². The number of piperazine rings is 1. The Morgan fingerprint density at radius 2 is 2.11 bits per heavy atom. The zero-order valence-corrected chi connectivity index (χ0v) is 12.4. The zero-order chi connectivity index (χ0) is 13.2. The van der Waals surface area contributed by atoms with E-state index in [1.807, 2.05) is 13.1 Å². The van der Waals surface area contributed by atoms with Gasteiger partial charge in [-0.3, -0.25) is 4.90 Å². The van der Waals surface area contributed by atoms with E-state index in [0.717, 1.165) is 43.7 Å². The molecule has 19 heavy (non-hydrogen) atoms. The molecule has 8 heteroatoms. The van der Waals surface area contributed by atoms with Crippen LogP contribution in [0.1, 0.15) is 10.7 Å². The lowest BCUT2D eigenvalue weighted by molar-refractivity contribution is 0.251. The summed E-state index contributed by atoms with van der Waals surface area (Å²) in [6.45, 7) is 6.96. The van der Waals surface area contributed by atoms with Crippen molar-refractivity contribution in [2.45, 2.75) is 13.5 Å². The van der Waals surface area contributed by atoms with Gasteiger partial charge in [-0.1, -0.05) is 0 Å². The number of nitrogens with zero attached hydrogens (tertiary/aromatic N) is 5. The Balaban J connectivity index is 1.54. The molecule has 1 saturated heterocycles. The molecule has 1 aliphatic heterocycles. The predicted molar refractivity (Wildman–Crippen MR) is 78.7 cm³/mol. The van der Waals surface area contributed by atoms with Crippen LogP contribution in [-0.4, -0.2) is 45.4 Å². The van der Waals surface area contributed by atoms with Crippen LogP contribution in [0.3, 0.4) is 0 Å². The summed E-state index contributed by atoms with van der Waals surface area (Å²) in [5.41, 5.74) is 5.65.